The molecular formula is C16H23N3O2. The molecule has 2 N–H and O–H groups in total. The third-order valence-electron chi connectivity index (χ3n) is 4.68. The molecule has 0 bridgehead atoms. The number of aryl methyl sites for hydroxylation is 1. The van der Waals surface area contributed by atoms with Crippen LogP contribution in [0.25, 0.3) is 0 Å². The van der Waals surface area contributed by atoms with Crippen LogP contribution in [0.15, 0.2) is 18.3 Å². The molecule has 2 heterocycles. The number of hydrogen-bond acceptors (Lipinski definition) is 4. The van der Waals surface area contributed by atoms with Crippen LogP contribution in [0.5, 0.6) is 0 Å². The minimum atomic E-state index is -0.467. The van der Waals surface area contributed by atoms with E-state index in [0.717, 1.165) is 31.6 Å². The van der Waals surface area contributed by atoms with Crippen molar-refractivity contribution < 1.29 is 9.90 Å². The standard InChI is InChI=1S/C16H23N3O2/c1-11-4-5-12(10-17-11)16(21)18-13-6-7-14(15(13)20)19-8-2-3-9-19/h4-5,10,13-15,20H,2-3,6-9H2,1H3,(H,18,21)/t13-,14-,15-/m1/s1. The summed E-state index contributed by atoms with van der Waals surface area (Å²) in [5.74, 6) is -0.145. The molecule has 1 aromatic heterocycles. The van der Waals surface area contributed by atoms with Gasteiger partial charge < -0.3 is 10.4 Å². The lowest BCUT2D eigenvalue weighted by molar-refractivity contribution is 0.0619. The average Bonchev–Trinajstić information content (AvgIpc) is 3.10. The number of amides is 1. The van der Waals surface area contributed by atoms with Gasteiger partial charge in [0.25, 0.3) is 5.91 Å². The molecule has 1 saturated carbocycles. The summed E-state index contributed by atoms with van der Waals surface area (Å²) in [4.78, 5) is 18.7. The minimum absolute atomic E-state index is 0.145. The molecule has 2 fully saturated rings. The summed E-state index contributed by atoms with van der Waals surface area (Å²) in [5.41, 5.74) is 1.44. The van der Waals surface area contributed by atoms with E-state index in [-0.39, 0.29) is 18.0 Å². The van der Waals surface area contributed by atoms with Gasteiger partial charge in [0.15, 0.2) is 0 Å². The molecule has 1 amide bonds. The van der Waals surface area contributed by atoms with Gasteiger partial charge in [0.05, 0.1) is 17.7 Å². The van der Waals surface area contributed by atoms with Gasteiger partial charge in [-0.05, 0) is 57.8 Å². The second kappa shape index (κ2) is 6.12. The van der Waals surface area contributed by atoms with E-state index < -0.39 is 6.10 Å². The van der Waals surface area contributed by atoms with Crippen molar-refractivity contribution in [3.8, 4) is 0 Å². The lowest BCUT2D eigenvalue weighted by atomic mass is 10.1. The summed E-state index contributed by atoms with van der Waals surface area (Å²) < 4.78 is 0. The fraction of sp³-hybridized carbons (Fsp3) is 0.625. The van der Waals surface area contributed by atoms with E-state index in [1.807, 2.05) is 13.0 Å². The largest absolute Gasteiger partial charge is 0.389 e. The van der Waals surface area contributed by atoms with Gasteiger partial charge in [-0.1, -0.05) is 0 Å². The summed E-state index contributed by atoms with van der Waals surface area (Å²) in [6.07, 6.45) is 5.35. The molecule has 3 atom stereocenters. The van der Waals surface area contributed by atoms with Gasteiger partial charge in [-0.3, -0.25) is 14.7 Å². The smallest absolute Gasteiger partial charge is 0.253 e. The van der Waals surface area contributed by atoms with Crippen LogP contribution >= 0.6 is 0 Å². The highest BCUT2D eigenvalue weighted by atomic mass is 16.3. The van der Waals surface area contributed by atoms with Crippen LogP contribution in [0.3, 0.4) is 0 Å². The Hall–Kier alpha value is -1.46. The zero-order chi connectivity index (χ0) is 14.8. The highest BCUT2D eigenvalue weighted by Crippen LogP contribution is 2.27. The van der Waals surface area contributed by atoms with Gasteiger partial charge in [-0.25, -0.2) is 0 Å². The molecule has 0 aromatic carbocycles. The Morgan fingerprint density at radius 1 is 1.33 bits per heavy atom. The molecule has 1 aromatic rings. The Bertz CT molecular complexity index is 497. The van der Waals surface area contributed by atoms with E-state index >= 15 is 0 Å². The summed E-state index contributed by atoms with van der Waals surface area (Å²) in [6.45, 7) is 4.04. The first kappa shape index (κ1) is 14.5. The van der Waals surface area contributed by atoms with E-state index in [1.54, 1.807) is 12.3 Å². The number of rotatable bonds is 3. The lowest BCUT2D eigenvalue weighted by Crippen LogP contribution is -2.47. The molecule has 5 heteroatoms. The number of nitrogens with zero attached hydrogens (tertiary/aromatic N) is 2. The van der Waals surface area contributed by atoms with Gasteiger partial charge in [0.1, 0.15) is 0 Å². The third kappa shape index (κ3) is 3.09. The molecule has 114 valence electrons. The molecule has 5 nitrogen and oxygen atoms in total. The van der Waals surface area contributed by atoms with Gasteiger partial charge in [-0.15, -0.1) is 0 Å². The normalized spacial score (nSPS) is 29.7. The highest BCUT2D eigenvalue weighted by Gasteiger charge is 2.39. The van der Waals surface area contributed by atoms with Crippen LogP contribution in [-0.4, -0.2) is 52.2 Å². The quantitative estimate of drug-likeness (QED) is 0.875. The fourth-order valence-corrected chi connectivity index (χ4v) is 3.44. The van der Waals surface area contributed by atoms with E-state index in [4.69, 9.17) is 0 Å². The topological polar surface area (TPSA) is 65.5 Å². The Morgan fingerprint density at radius 3 is 2.76 bits per heavy atom. The Morgan fingerprint density at radius 2 is 2.10 bits per heavy atom. The van der Waals surface area contributed by atoms with Crippen LogP contribution in [0, 0.1) is 6.92 Å². The third-order valence-corrected chi connectivity index (χ3v) is 4.68. The number of nitrogens with one attached hydrogen (secondary N) is 1. The SMILES string of the molecule is Cc1ccc(C(=O)N[C@@H]2CC[C@@H](N3CCCC3)[C@@H]2O)cn1. The zero-order valence-electron chi connectivity index (χ0n) is 12.5. The van der Waals surface area contributed by atoms with Crippen LogP contribution in [0.2, 0.25) is 0 Å². The first-order valence-electron chi connectivity index (χ1n) is 7.81. The first-order valence-corrected chi connectivity index (χ1v) is 7.81. The van der Waals surface area contributed by atoms with Crippen molar-refractivity contribution in [3.63, 3.8) is 0 Å². The second-order valence-corrected chi connectivity index (χ2v) is 6.15. The minimum Gasteiger partial charge on any atom is -0.389 e. The zero-order valence-corrected chi connectivity index (χ0v) is 12.5. The van der Waals surface area contributed by atoms with Gasteiger partial charge in [-0.2, -0.15) is 0 Å². The van der Waals surface area contributed by atoms with Crippen molar-refractivity contribution in [2.45, 2.75) is 50.8 Å². The number of likely N-dealkylation sites (tertiary alicyclic amines) is 1. The molecule has 1 saturated heterocycles. The number of aromatic nitrogens is 1. The van der Waals surface area contributed by atoms with Crippen LogP contribution in [0.1, 0.15) is 41.7 Å². The summed E-state index contributed by atoms with van der Waals surface area (Å²) in [5, 5.41) is 13.4. The maximum atomic E-state index is 12.2. The monoisotopic (exact) mass is 289 g/mol. The summed E-state index contributed by atoms with van der Waals surface area (Å²) >= 11 is 0. The summed E-state index contributed by atoms with van der Waals surface area (Å²) in [6, 6.07) is 3.66. The molecule has 3 rings (SSSR count). The van der Waals surface area contributed by atoms with Crippen LogP contribution in [-0.2, 0) is 0 Å². The highest BCUT2D eigenvalue weighted by molar-refractivity contribution is 5.94. The Kier molecular flexibility index (Phi) is 4.22. The molecule has 21 heavy (non-hydrogen) atoms. The Balaban J connectivity index is 1.60. The number of carbonyl (C=O) groups excluding carboxylic acids is 1. The van der Waals surface area contributed by atoms with Crippen molar-refractivity contribution >= 4 is 5.91 Å². The molecule has 0 spiro atoms. The number of carbonyl (C=O) groups is 1. The lowest BCUT2D eigenvalue weighted by Gasteiger charge is -2.28. The van der Waals surface area contributed by atoms with Crippen molar-refractivity contribution in [1.29, 1.82) is 0 Å². The maximum absolute atomic E-state index is 12.2. The van der Waals surface area contributed by atoms with E-state index in [2.05, 4.69) is 15.2 Å². The predicted octanol–water partition coefficient (Wildman–Crippen LogP) is 1.11. The number of aliphatic hydroxyl groups excluding tert-OH is 1. The van der Waals surface area contributed by atoms with E-state index in [1.165, 1.54) is 12.8 Å². The molecule has 0 radical (unpaired) electrons. The van der Waals surface area contributed by atoms with E-state index in [9.17, 15) is 9.90 Å². The van der Waals surface area contributed by atoms with Gasteiger partial charge in [0.2, 0.25) is 0 Å². The van der Waals surface area contributed by atoms with Crippen LogP contribution in [0.4, 0.5) is 0 Å². The second-order valence-electron chi connectivity index (χ2n) is 6.15. The summed E-state index contributed by atoms with van der Waals surface area (Å²) in [7, 11) is 0. The molecular weight excluding hydrogens is 266 g/mol. The van der Waals surface area contributed by atoms with E-state index in [0.29, 0.717) is 5.56 Å². The molecule has 2 aliphatic rings. The fourth-order valence-electron chi connectivity index (χ4n) is 3.44. The number of pyridine rings is 1. The first-order chi connectivity index (χ1) is 10.1. The Labute approximate surface area is 125 Å². The van der Waals surface area contributed by atoms with Crippen molar-refractivity contribution in [3.05, 3.63) is 29.6 Å². The molecule has 0 unspecified atom stereocenters. The molecule has 1 aliphatic heterocycles. The van der Waals surface area contributed by atoms with Crippen molar-refractivity contribution in [2.24, 2.45) is 0 Å². The van der Waals surface area contributed by atoms with Crippen LogP contribution < -0.4 is 5.32 Å². The van der Waals surface area contributed by atoms with Crippen molar-refractivity contribution in [2.75, 3.05) is 13.1 Å². The molecule has 1 aliphatic carbocycles. The predicted molar refractivity (Wildman–Crippen MR) is 80.1 cm³/mol. The number of hydrogen-bond donors (Lipinski definition) is 2. The average molecular weight is 289 g/mol. The van der Waals surface area contributed by atoms with Gasteiger partial charge >= 0.3 is 0 Å². The number of aliphatic hydroxyl groups is 1. The van der Waals surface area contributed by atoms with Gasteiger partial charge in [0, 0.05) is 17.9 Å². The van der Waals surface area contributed by atoms with Crippen molar-refractivity contribution in [1.82, 2.24) is 15.2 Å². The maximum Gasteiger partial charge on any atom is 0.253 e.